The summed E-state index contributed by atoms with van der Waals surface area (Å²) in [5, 5.41) is 20.5. The molecule has 0 aromatic heterocycles. The number of β-lactam (4-membered cyclic amide) rings is 1. The summed E-state index contributed by atoms with van der Waals surface area (Å²) >= 11 is 0. The largest absolute Gasteiger partial charge is 0.480 e. The molecular formula is C14H23N3O4. The molecule has 0 aromatic rings. The maximum Gasteiger partial charge on any atom is 0.323 e. The van der Waals surface area contributed by atoms with Crippen LogP contribution in [-0.4, -0.2) is 63.8 Å². The smallest absolute Gasteiger partial charge is 0.323 e. The Morgan fingerprint density at radius 2 is 2.14 bits per heavy atom. The summed E-state index contributed by atoms with van der Waals surface area (Å²) in [6, 6.07) is -0.0120. The van der Waals surface area contributed by atoms with Gasteiger partial charge in [-0.1, -0.05) is 0 Å². The van der Waals surface area contributed by atoms with E-state index in [9.17, 15) is 14.7 Å². The second kappa shape index (κ2) is 6.03. The molecular weight excluding hydrogens is 274 g/mol. The zero-order chi connectivity index (χ0) is 15.7. The fraction of sp³-hybridized carbons (Fsp3) is 0.714. The molecule has 2 aliphatic rings. The van der Waals surface area contributed by atoms with Crippen molar-refractivity contribution in [2.24, 2.45) is 5.92 Å². The van der Waals surface area contributed by atoms with E-state index >= 15 is 0 Å². The monoisotopic (exact) mass is 297 g/mol. The van der Waals surface area contributed by atoms with Crippen LogP contribution in [0.25, 0.3) is 0 Å². The van der Waals surface area contributed by atoms with Crippen molar-refractivity contribution in [3.05, 3.63) is 11.8 Å². The highest BCUT2D eigenvalue weighted by Crippen LogP contribution is 2.33. The minimum atomic E-state index is -1.02. The van der Waals surface area contributed by atoms with Crippen LogP contribution >= 0.6 is 0 Å². The second-order valence-electron chi connectivity index (χ2n) is 5.87. The molecule has 1 amide bonds. The van der Waals surface area contributed by atoms with Gasteiger partial charge in [0.15, 0.2) is 0 Å². The number of aliphatic carboxylic acids is 1. The number of nitrogens with zero attached hydrogens (tertiary/aromatic N) is 2. The van der Waals surface area contributed by atoms with E-state index < -0.39 is 18.0 Å². The zero-order valence-corrected chi connectivity index (χ0v) is 12.6. The number of likely N-dealkylation sites (tertiary alicyclic amines) is 1. The normalized spacial score (nSPS) is 30.2. The van der Waals surface area contributed by atoms with E-state index in [1.807, 2.05) is 19.0 Å². The lowest BCUT2D eigenvalue weighted by Gasteiger charge is -2.48. The van der Waals surface area contributed by atoms with Crippen LogP contribution in [0.3, 0.4) is 0 Å². The number of carbonyl (C=O) groups excluding carboxylic acids is 1. The van der Waals surface area contributed by atoms with E-state index in [1.165, 1.54) is 4.90 Å². The van der Waals surface area contributed by atoms with E-state index in [4.69, 9.17) is 5.11 Å². The van der Waals surface area contributed by atoms with E-state index in [0.29, 0.717) is 6.42 Å². The molecule has 4 atom stereocenters. The highest BCUT2D eigenvalue weighted by atomic mass is 16.4. The first-order valence-electron chi connectivity index (χ1n) is 7.20. The Hall–Kier alpha value is -1.60. The second-order valence-corrected chi connectivity index (χ2v) is 5.87. The lowest BCUT2D eigenvalue weighted by Crippen LogP contribution is -2.65. The lowest BCUT2D eigenvalue weighted by atomic mass is 9.80. The summed E-state index contributed by atoms with van der Waals surface area (Å²) in [6.07, 6.45) is 2.83. The first-order valence-corrected chi connectivity index (χ1v) is 7.20. The highest BCUT2D eigenvalue weighted by molar-refractivity contribution is 5.89. The number of carbonyl (C=O) groups is 2. The molecule has 0 aromatic carbocycles. The van der Waals surface area contributed by atoms with Crippen molar-refractivity contribution in [2.45, 2.75) is 44.9 Å². The molecule has 0 saturated carbocycles. The van der Waals surface area contributed by atoms with Crippen molar-refractivity contribution in [3.63, 3.8) is 0 Å². The minimum Gasteiger partial charge on any atom is -0.480 e. The van der Waals surface area contributed by atoms with Gasteiger partial charge < -0.3 is 20.1 Å². The topological polar surface area (TPSA) is 93.1 Å². The van der Waals surface area contributed by atoms with Crippen LogP contribution in [-0.2, 0) is 9.59 Å². The standard InChI is InChI=1S/C14H23N3O4/c1-8-6-10(15-16(8)3)4-5-11-13(9(2)18)14(21)17(11)7-12(19)20/h6,9-11,13,15,18H,4-5,7H2,1-3H3,(H,19,20)/t9-,10?,11-,13-/m1/s1. The van der Waals surface area contributed by atoms with Gasteiger partial charge in [0.25, 0.3) is 0 Å². The number of aliphatic hydroxyl groups is 1. The summed E-state index contributed by atoms with van der Waals surface area (Å²) in [6.45, 7) is 3.30. The summed E-state index contributed by atoms with van der Waals surface area (Å²) in [5.74, 6) is -1.76. The number of rotatable bonds is 6. The summed E-state index contributed by atoms with van der Waals surface area (Å²) in [4.78, 5) is 24.1. The Labute approximate surface area is 124 Å². The Morgan fingerprint density at radius 1 is 1.48 bits per heavy atom. The van der Waals surface area contributed by atoms with Gasteiger partial charge in [0.2, 0.25) is 5.91 Å². The first-order chi connectivity index (χ1) is 9.81. The van der Waals surface area contributed by atoms with E-state index in [-0.39, 0.29) is 24.5 Å². The molecule has 7 heteroatoms. The molecule has 3 N–H and O–H groups in total. The number of allylic oxidation sites excluding steroid dienone is 1. The van der Waals surface area contributed by atoms with E-state index in [1.54, 1.807) is 6.92 Å². The molecule has 0 spiro atoms. The third kappa shape index (κ3) is 3.19. The Morgan fingerprint density at radius 3 is 2.62 bits per heavy atom. The quantitative estimate of drug-likeness (QED) is 0.587. The van der Waals surface area contributed by atoms with Crippen molar-refractivity contribution in [1.82, 2.24) is 15.3 Å². The molecule has 2 heterocycles. The molecule has 0 aliphatic carbocycles. The Balaban J connectivity index is 1.95. The summed E-state index contributed by atoms with van der Waals surface area (Å²) < 4.78 is 0. The molecule has 0 radical (unpaired) electrons. The molecule has 118 valence electrons. The van der Waals surface area contributed by atoms with Gasteiger partial charge in [-0.15, -0.1) is 0 Å². The van der Waals surface area contributed by atoms with Gasteiger partial charge in [-0.25, -0.2) is 5.43 Å². The summed E-state index contributed by atoms with van der Waals surface area (Å²) in [5.41, 5.74) is 4.41. The van der Waals surface area contributed by atoms with E-state index in [0.717, 1.165) is 12.1 Å². The fourth-order valence-electron chi connectivity index (χ4n) is 3.12. The fourth-order valence-corrected chi connectivity index (χ4v) is 3.12. The predicted octanol–water partition coefficient (Wildman–Crippen LogP) is -0.219. The average Bonchev–Trinajstić information content (AvgIpc) is 2.69. The van der Waals surface area contributed by atoms with Crippen molar-refractivity contribution in [2.75, 3.05) is 13.6 Å². The van der Waals surface area contributed by atoms with Crippen molar-refractivity contribution in [1.29, 1.82) is 0 Å². The van der Waals surface area contributed by atoms with Crippen molar-refractivity contribution in [3.8, 4) is 0 Å². The minimum absolute atomic E-state index is 0.187. The molecule has 7 nitrogen and oxygen atoms in total. The third-order valence-corrected chi connectivity index (χ3v) is 4.31. The molecule has 1 fully saturated rings. The van der Waals surface area contributed by atoms with Gasteiger partial charge in [0.05, 0.1) is 12.0 Å². The number of carboxylic acid groups (broad SMARTS) is 1. The van der Waals surface area contributed by atoms with Crippen molar-refractivity contribution < 1.29 is 19.8 Å². The molecule has 2 rings (SSSR count). The van der Waals surface area contributed by atoms with Gasteiger partial charge in [-0.3, -0.25) is 9.59 Å². The van der Waals surface area contributed by atoms with Gasteiger partial charge >= 0.3 is 5.97 Å². The van der Waals surface area contributed by atoms with Crippen LogP contribution in [0.5, 0.6) is 0 Å². The van der Waals surface area contributed by atoms with Crippen LogP contribution in [0.4, 0.5) is 0 Å². The van der Waals surface area contributed by atoms with Crippen LogP contribution in [0.1, 0.15) is 26.7 Å². The first kappa shape index (κ1) is 15.8. The number of amides is 1. The van der Waals surface area contributed by atoms with Gasteiger partial charge in [0.1, 0.15) is 6.54 Å². The number of hydrazine groups is 1. The van der Waals surface area contributed by atoms with Crippen molar-refractivity contribution >= 4 is 11.9 Å². The van der Waals surface area contributed by atoms with Crippen LogP contribution in [0, 0.1) is 5.92 Å². The number of nitrogens with one attached hydrogen (secondary N) is 1. The number of aliphatic hydroxyl groups excluding tert-OH is 1. The number of hydrogen-bond donors (Lipinski definition) is 3. The van der Waals surface area contributed by atoms with Gasteiger partial charge in [0, 0.05) is 24.8 Å². The number of carboxylic acids is 1. The Bertz CT molecular complexity index is 463. The van der Waals surface area contributed by atoms with Crippen LogP contribution in [0.2, 0.25) is 0 Å². The van der Waals surface area contributed by atoms with Gasteiger partial charge in [-0.2, -0.15) is 0 Å². The highest BCUT2D eigenvalue weighted by Gasteiger charge is 2.49. The molecule has 2 aliphatic heterocycles. The van der Waals surface area contributed by atoms with Crippen LogP contribution < -0.4 is 5.43 Å². The maximum atomic E-state index is 11.9. The maximum absolute atomic E-state index is 11.9. The number of hydrogen-bond acceptors (Lipinski definition) is 5. The molecule has 21 heavy (non-hydrogen) atoms. The lowest BCUT2D eigenvalue weighted by molar-refractivity contribution is -0.169. The average molecular weight is 297 g/mol. The molecule has 1 unspecified atom stereocenters. The zero-order valence-electron chi connectivity index (χ0n) is 12.6. The Kier molecular flexibility index (Phi) is 4.53. The SMILES string of the molecule is CC1=CC(CC[C@@H]2[C@@H]([C@@H](C)O)C(=O)N2CC(=O)O)NN1C. The third-order valence-electron chi connectivity index (χ3n) is 4.31. The molecule has 1 saturated heterocycles. The van der Waals surface area contributed by atoms with Gasteiger partial charge in [-0.05, 0) is 32.8 Å². The van der Waals surface area contributed by atoms with Crippen LogP contribution in [0.15, 0.2) is 11.8 Å². The molecule has 0 bridgehead atoms. The summed E-state index contributed by atoms with van der Waals surface area (Å²) in [7, 11) is 1.94. The predicted molar refractivity (Wildman–Crippen MR) is 76.0 cm³/mol. The van der Waals surface area contributed by atoms with E-state index in [2.05, 4.69) is 11.5 Å².